The van der Waals surface area contributed by atoms with Crippen LogP contribution in [0.2, 0.25) is 0 Å². The lowest BCUT2D eigenvalue weighted by Crippen LogP contribution is -2.35. The molecule has 0 spiro atoms. The Hall–Kier alpha value is -0.340. The minimum absolute atomic E-state index is 0.713. The van der Waals surface area contributed by atoms with Crippen LogP contribution < -0.4 is 5.32 Å². The average Bonchev–Trinajstić information content (AvgIpc) is 2.17. The fourth-order valence-corrected chi connectivity index (χ4v) is 1.88. The SMILES string of the molecule is C=CCN(CCC)CC(C)CNCC(C)C. The lowest BCUT2D eigenvalue weighted by atomic mass is 10.1. The molecular weight excluding hydrogens is 196 g/mol. The van der Waals surface area contributed by atoms with Crippen LogP contribution in [0, 0.1) is 11.8 Å². The fraction of sp³-hybridized carbons (Fsp3) is 0.857. The van der Waals surface area contributed by atoms with Gasteiger partial charge in [0.2, 0.25) is 0 Å². The first kappa shape index (κ1) is 15.7. The number of hydrogen-bond donors (Lipinski definition) is 1. The van der Waals surface area contributed by atoms with Crippen LogP contribution in [0.5, 0.6) is 0 Å². The molecule has 2 heteroatoms. The molecular formula is C14H30N2. The second-order valence-electron chi connectivity index (χ2n) is 5.21. The van der Waals surface area contributed by atoms with Gasteiger partial charge in [-0.15, -0.1) is 6.58 Å². The summed E-state index contributed by atoms with van der Waals surface area (Å²) in [6.07, 6.45) is 3.23. The molecule has 0 aliphatic rings. The van der Waals surface area contributed by atoms with Crippen molar-refractivity contribution in [3.8, 4) is 0 Å². The van der Waals surface area contributed by atoms with Gasteiger partial charge in [0.25, 0.3) is 0 Å². The van der Waals surface area contributed by atoms with Crippen molar-refractivity contribution in [2.75, 3.05) is 32.7 Å². The predicted molar refractivity (Wildman–Crippen MR) is 73.8 cm³/mol. The lowest BCUT2D eigenvalue weighted by Gasteiger charge is -2.24. The molecule has 1 atom stereocenters. The summed E-state index contributed by atoms with van der Waals surface area (Å²) in [6, 6.07) is 0. The molecule has 0 fully saturated rings. The van der Waals surface area contributed by atoms with Gasteiger partial charge < -0.3 is 5.32 Å². The van der Waals surface area contributed by atoms with Crippen LogP contribution in [0.4, 0.5) is 0 Å². The Labute approximate surface area is 102 Å². The summed E-state index contributed by atoms with van der Waals surface area (Å²) in [7, 11) is 0. The van der Waals surface area contributed by atoms with E-state index in [1.54, 1.807) is 0 Å². The van der Waals surface area contributed by atoms with Gasteiger partial charge in [-0.2, -0.15) is 0 Å². The third-order valence-corrected chi connectivity index (χ3v) is 2.54. The van der Waals surface area contributed by atoms with Crippen LogP contribution in [0.1, 0.15) is 34.1 Å². The summed E-state index contributed by atoms with van der Waals surface area (Å²) >= 11 is 0. The van der Waals surface area contributed by atoms with Gasteiger partial charge in [-0.05, 0) is 37.9 Å². The minimum atomic E-state index is 0.713. The highest BCUT2D eigenvalue weighted by molar-refractivity contribution is 4.75. The first-order valence-electron chi connectivity index (χ1n) is 6.64. The third-order valence-electron chi connectivity index (χ3n) is 2.54. The minimum Gasteiger partial charge on any atom is -0.316 e. The van der Waals surface area contributed by atoms with E-state index in [-0.39, 0.29) is 0 Å². The van der Waals surface area contributed by atoms with Gasteiger partial charge in [0.1, 0.15) is 0 Å². The summed E-state index contributed by atoms with van der Waals surface area (Å²) in [4.78, 5) is 2.48. The molecule has 0 bridgehead atoms. The predicted octanol–water partition coefficient (Wildman–Crippen LogP) is 2.77. The Balaban J connectivity index is 3.71. The van der Waals surface area contributed by atoms with Crippen molar-refractivity contribution in [1.82, 2.24) is 10.2 Å². The number of rotatable bonds is 10. The normalized spacial score (nSPS) is 13.4. The zero-order valence-electron chi connectivity index (χ0n) is 11.6. The zero-order valence-corrected chi connectivity index (χ0v) is 11.6. The lowest BCUT2D eigenvalue weighted by molar-refractivity contribution is 0.256. The highest BCUT2D eigenvalue weighted by Crippen LogP contribution is 2.01. The van der Waals surface area contributed by atoms with E-state index in [4.69, 9.17) is 0 Å². The van der Waals surface area contributed by atoms with Crippen LogP contribution in [0.3, 0.4) is 0 Å². The highest BCUT2D eigenvalue weighted by Gasteiger charge is 2.08. The molecule has 0 aromatic rings. The van der Waals surface area contributed by atoms with E-state index in [2.05, 4.69) is 44.5 Å². The Kier molecular flexibility index (Phi) is 9.65. The molecule has 16 heavy (non-hydrogen) atoms. The van der Waals surface area contributed by atoms with Crippen LogP contribution in [0.25, 0.3) is 0 Å². The summed E-state index contributed by atoms with van der Waals surface area (Å²) < 4.78 is 0. The van der Waals surface area contributed by atoms with Crippen molar-refractivity contribution in [3.63, 3.8) is 0 Å². The quantitative estimate of drug-likeness (QED) is 0.576. The molecule has 0 aromatic heterocycles. The van der Waals surface area contributed by atoms with Crippen molar-refractivity contribution in [3.05, 3.63) is 12.7 Å². The van der Waals surface area contributed by atoms with Gasteiger partial charge in [-0.25, -0.2) is 0 Å². The highest BCUT2D eigenvalue weighted by atomic mass is 15.1. The number of nitrogens with one attached hydrogen (secondary N) is 1. The van der Waals surface area contributed by atoms with E-state index in [1.807, 2.05) is 6.08 Å². The molecule has 0 saturated carbocycles. The summed E-state index contributed by atoms with van der Waals surface area (Å²) in [5.74, 6) is 1.46. The first-order chi connectivity index (χ1) is 7.60. The second kappa shape index (κ2) is 9.86. The van der Waals surface area contributed by atoms with Crippen LogP contribution in [0.15, 0.2) is 12.7 Å². The Bertz CT molecular complexity index is 166. The zero-order chi connectivity index (χ0) is 12.4. The maximum absolute atomic E-state index is 3.82. The van der Waals surface area contributed by atoms with E-state index in [0.29, 0.717) is 5.92 Å². The smallest absolute Gasteiger partial charge is 0.0160 e. The molecule has 0 saturated heterocycles. The largest absolute Gasteiger partial charge is 0.316 e. The summed E-state index contributed by atoms with van der Waals surface area (Å²) in [5, 5.41) is 3.52. The van der Waals surface area contributed by atoms with Gasteiger partial charge in [-0.3, -0.25) is 4.90 Å². The number of hydrogen-bond acceptors (Lipinski definition) is 2. The van der Waals surface area contributed by atoms with Gasteiger partial charge >= 0.3 is 0 Å². The molecule has 0 aromatic carbocycles. The van der Waals surface area contributed by atoms with E-state index >= 15 is 0 Å². The van der Waals surface area contributed by atoms with Gasteiger partial charge in [0.05, 0.1) is 0 Å². The molecule has 0 heterocycles. The van der Waals surface area contributed by atoms with Crippen molar-refractivity contribution in [1.29, 1.82) is 0 Å². The molecule has 0 rings (SSSR count). The van der Waals surface area contributed by atoms with Crippen molar-refractivity contribution < 1.29 is 0 Å². The Morgan fingerprint density at radius 3 is 2.44 bits per heavy atom. The average molecular weight is 226 g/mol. The fourth-order valence-electron chi connectivity index (χ4n) is 1.88. The van der Waals surface area contributed by atoms with E-state index < -0.39 is 0 Å². The van der Waals surface area contributed by atoms with Crippen molar-refractivity contribution in [2.45, 2.75) is 34.1 Å². The number of nitrogens with zero attached hydrogens (tertiary/aromatic N) is 1. The Morgan fingerprint density at radius 2 is 1.94 bits per heavy atom. The topological polar surface area (TPSA) is 15.3 Å². The van der Waals surface area contributed by atoms with Gasteiger partial charge in [-0.1, -0.05) is 33.8 Å². The van der Waals surface area contributed by atoms with Crippen LogP contribution >= 0.6 is 0 Å². The Morgan fingerprint density at radius 1 is 1.25 bits per heavy atom. The van der Waals surface area contributed by atoms with Crippen molar-refractivity contribution >= 4 is 0 Å². The standard InChI is InChI=1S/C14H30N2/c1-6-8-16(9-7-2)12-14(5)11-15-10-13(3)4/h6,13-15H,1,7-12H2,2-5H3. The van der Waals surface area contributed by atoms with E-state index in [0.717, 1.165) is 25.6 Å². The van der Waals surface area contributed by atoms with E-state index in [9.17, 15) is 0 Å². The summed E-state index contributed by atoms with van der Waals surface area (Å²) in [5.41, 5.74) is 0. The van der Waals surface area contributed by atoms with Crippen molar-refractivity contribution in [2.24, 2.45) is 11.8 Å². The second-order valence-corrected chi connectivity index (χ2v) is 5.21. The summed E-state index contributed by atoms with van der Waals surface area (Å²) in [6.45, 7) is 18.5. The maximum atomic E-state index is 3.82. The van der Waals surface area contributed by atoms with Crippen LogP contribution in [-0.2, 0) is 0 Å². The molecule has 1 unspecified atom stereocenters. The first-order valence-corrected chi connectivity index (χ1v) is 6.64. The van der Waals surface area contributed by atoms with Crippen LogP contribution in [-0.4, -0.2) is 37.6 Å². The van der Waals surface area contributed by atoms with Gasteiger partial charge in [0, 0.05) is 13.1 Å². The van der Waals surface area contributed by atoms with E-state index in [1.165, 1.54) is 19.5 Å². The molecule has 2 nitrogen and oxygen atoms in total. The van der Waals surface area contributed by atoms with Gasteiger partial charge in [0.15, 0.2) is 0 Å². The molecule has 0 amide bonds. The molecule has 0 radical (unpaired) electrons. The molecule has 0 aliphatic heterocycles. The molecule has 0 aliphatic carbocycles. The third kappa shape index (κ3) is 8.93. The monoisotopic (exact) mass is 226 g/mol. The maximum Gasteiger partial charge on any atom is 0.0160 e. The molecule has 96 valence electrons. The molecule has 1 N–H and O–H groups in total.